The highest BCUT2D eigenvalue weighted by Crippen LogP contribution is 2.50. The number of benzene rings is 1. The van der Waals surface area contributed by atoms with E-state index in [4.69, 9.17) is 0 Å². The lowest BCUT2D eigenvalue weighted by Gasteiger charge is -2.56. The Balaban J connectivity index is 1.78. The molecule has 0 saturated carbocycles. The van der Waals surface area contributed by atoms with E-state index in [1.165, 1.54) is 5.56 Å². The Morgan fingerprint density at radius 2 is 1.87 bits per heavy atom. The first-order valence-corrected chi connectivity index (χ1v) is 11.1. The Morgan fingerprint density at radius 3 is 2.47 bits per heavy atom. The number of aromatic nitrogens is 1. The SMILES string of the molecule is CC(C)c1ccc(C(O)(c2ccnc(N3CCCC3CO)c2)C2(C)CN(C)C2)cc1. The molecule has 1 aromatic carbocycles. The minimum Gasteiger partial charge on any atom is -0.394 e. The Morgan fingerprint density at radius 1 is 1.17 bits per heavy atom. The molecule has 0 amide bonds. The van der Waals surface area contributed by atoms with Crippen molar-refractivity contribution in [2.24, 2.45) is 5.41 Å². The van der Waals surface area contributed by atoms with E-state index in [0.29, 0.717) is 5.92 Å². The zero-order chi connectivity index (χ0) is 21.5. The molecule has 5 nitrogen and oxygen atoms in total. The van der Waals surface area contributed by atoms with Crippen LogP contribution in [0.25, 0.3) is 0 Å². The van der Waals surface area contributed by atoms with Gasteiger partial charge in [0.2, 0.25) is 0 Å². The molecule has 2 unspecified atom stereocenters. The Labute approximate surface area is 180 Å². The minimum absolute atomic E-state index is 0.108. The predicted molar refractivity (Wildman–Crippen MR) is 121 cm³/mol. The highest BCUT2D eigenvalue weighted by Gasteiger charge is 2.55. The summed E-state index contributed by atoms with van der Waals surface area (Å²) in [5.74, 6) is 1.30. The van der Waals surface area contributed by atoms with Crippen molar-refractivity contribution < 1.29 is 10.2 Å². The number of aliphatic hydroxyl groups is 2. The van der Waals surface area contributed by atoms with Crippen molar-refractivity contribution in [3.63, 3.8) is 0 Å². The third kappa shape index (κ3) is 3.43. The summed E-state index contributed by atoms with van der Waals surface area (Å²) in [6.45, 7) is 9.23. The number of likely N-dealkylation sites (tertiary alicyclic amines) is 1. The van der Waals surface area contributed by atoms with Gasteiger partial charge in [-0.1, -0.05) is 45.0 Å². The summed E-state index contributed by atoms with van der Waals surface area (Å²) >= 11 is 0. The maximum absolute atomic E-state index is 12.3. The van der Waals surface area contributed by atoms with Gasteiger partial charge in [-0.2, -0.15) is 0 Å². The van der Waals surface area contributed by atoms with Gasteiger partial charge < -0.3 is 20.0 Å². The van der Waals surface area contributed by atoms with Crippen LogP contribution in [0.2, 0.25) is 0 Å². The quantitative estimate of drug-likeness (QED) is 0.766. The molecule has 30 heavy (non-hydrogen) atoms. The first-order chi connectivity index (χ1) is 14.3. The molecule has 2 fully saturated rings. The van der Waals surface area contributed by atoms with Gasteiger partial charge in [-0.15, -0.1) is 0 Å². The zero-order valence-corrected chi connectivity index (χ0v) is 18.7. The van der Waals surface area contributed by atoms with E-state index in [2.05, 4.69) is 66.9 Å². The smallest absolute Gasteiger partial charge is 0.129 e. The van der Waals surface area contributed by atoms with Crippen LogP contribution < -0.4 is 4.90 Å². The number of aliphatic hydroxyl groups excluding tert-OH is 1. The van der Waals surface area contributed by atoms with Crippen LogP contribution in [0.1, 0.15) is 56.2 Å². The van der Waals surface area contributed by atoms with Gasteiger partial charge in [0.25, 0.3) is 0 Å². The molecule has 5 heteroatoms. The fourth-order valence-corrected chi connectivity index (χ4v) is 5.47. The monoisotopic (exact) mass is 409 g/mol. The van der Waals surface area contributed by atoms with Crippen LogP contribution in [-0.4, -0.2) is 59.4 Å². The van der Waals surface area contributed by atoms with Crippen molar-refractivity contribution in [3.8, 4) is 0 Å². The molecule has 0 bridgehead atoms. The van der Waals surface area contributed by atoms with E-state index in [-0.39, 0.29) is 18.1 Å². The van der Waals surface area contributed by atoms with Crippen molar-refractivity contribution in [3.05, 3.63) is 59.3 Å². The largest absolute Gasteiger partial charge is 0.394 e. The molecule has 2 aliphatic heterocycles. The highest BCUT2D eigenvalue weighted by molar-refractivity contribution is 5.49. The number of nitrogens with zero attached hydrogens (tertiary/aromatic N) is 3. The zero-order valence-electron chi connectivity index (χ0n) is 18.7. The van der Waals surface area contributed by atoms with Gasteiger partial charge in [0, 0.05) is 31.2 Å². The molecule has 2 aromatic rings. The standard InChI is InChI=1S/C25H35N3O2/c1-18(2)19-7-9-20(10-8-19)25(30,24(3)16-27(4)17-24)21-11-12-26-23(14-21)28-13-5-6-22(28)15-29/h7-12,14,18,22,29-30H,5-6,13,15-17H2,1-4H3. The molecule has 3 heterocycles. The van der Waals surface area contributed by atoms with E-state index in [0.717, 1.165) is 49.4 Å². The molecule has 2 saturated heterocycles. The normalized spacial score (nSPS) is 23.4. The fourth-order valence-electron chi connectivity index (χ4n) is 5.47. The number of hydrogen-bond acceptors (Lipinski definition) is 5. The topological polar surface area (TPSA) is 59.8 Å². The van der Waals surface area contributed by atoms with E-state index in [1.807, 2.05) is 12.1 Å². The first kappa shape index (κ1) is 21.3. The Bertz CT molecular complexity index is 876. The first-order valence-electron chi connectivity index (χ1n) is 11.1. The molecular formula is C25H35N3O2. The van der Waals surface area contributed by atoms with E-state index >= 15 is 0 Å². The summed E-state index contributed by atoms with van der Waals surface area (Å²) < 4.78 is 0. The third-order valence-corrected chi connectivity index (χ3v) is 7.15. The molecule has 2 aliphatic rings. The summed E-state index contributed by atoms with van der Waals surface area (Å²) in [5, 5.41) is 22.1. The highest BCUT2D eigenvalue weighted by atomic mass is 16.3. The van der Waals surface area contributed by atoms with Crippen molar-refractivity contribution in [1.82, 2.24) is 9.88 Å². The molecule has 2 atom stereocenters. The number of pyridine rings is 1. The number of rotatable bonds is 6. The van der Waals surface area contributed by atoms with Crippen molar-refractivity contribution >= 4 is 5.82 Å². The summed E-state index contributed by atoms with van der Waals surface area (Å²) in [4.78, 5) is 9.03. The Hall–Kier alpha value is -1.95. The molecule has 0 spiro atoms. The molecule has 0 aliphatic carbocycles. The van der Waals surface area contributed by atoms with Crippen LogP contribution in [0.4, 0.5) is 5.82 Å². The van der Waals surface area contributed by atoms with Gasteiger partial charge in [0.1, 0.15) is 11.4 Å². The van der Waals surface area contributed by atoms with E-state index in [1.54, 1.807) is 6.20 Å². The second-order valence-electron chi connectivity index (χ2n) is 9.79. The number of hydrogen-bond donors (Lipinski definition) is 2. The maximum Gasteiger partial charge on any atom is 0.129 e. The molecule has 162 valence electrons. The molecule has 2 N–H and O–H groups in total. The Kier molecular flexibility index (Phi) is 5.64. The lowest BCUT2D eigenvalue weighted by Crippen LogP contribution is -2.63. The van der Waals surface area contributed by atoms with Crippen LogP contribution in [0.5, 0.6) is 0 Å². The van der Waals surface area contributed by atoms with Crippen LogP contribution in [0.15, 0.2) is 42.6 Å². The van der Waals surface area contributed by atoms with Crippen molar-refractivity contribution in [1.29, 1.82) is 0 Å². The second kappa shape index (κ2) is 7.95. The lowest BCUT2D eigenvalue weighted by atomic mass is 9.62. The van der Waals surface area contributed by atoms with E-state index < -0.39 is 5.60 Å². The minimum atomic E-state index is -1.11. The van der Waals surface area contributed by atoms with Gasteiger partial charge in [0.15, 0.2) is 0 Å². The third-order valence-electron chi connectivity index (χ3n) is 7.15. The average Bonchev–Trinajstić information content (AvgIpc) is 3.21. The van der Waals surface area contributed by atoms with Crippen molar-refractivity contribution in [2.45, 2.75) is 51.2 Å². The molecule has 1 aromatic heterocycles. The van der Waals surface area contributed by atoms with E-state index in [9.17, 15) is 10.2 Å². The summed E-state index contributed by atoms with van der Waals surface area (Å²) in [5.41, 5.74) is 1.68. The molecule has 0 radical (unpaired) electrons. The summed E-state index contributed by atoms with van der Waals surface area (Å²) in [6.07, 6.45) is 3.84. The maximum atomic E-state index is 12.3. The second-order valence-corrected chi connectivity index (χ2v) is 9.79. The van der Waals surface area contributed by atoms with Crippen LogP contribution in [-0.2, 0) is 5.60 Å². The molecule has 4 rings (SSSR count). The summed E-state index contributed by atoms with van der Waals surface area (Å²) in [7, 11) is 2.10. The van der Waals surface area contributed by atoms with Gasteiger partial charge in [0.05, 0.1) is 12.6 Å². The van der Waals surface area contributed by atoms with Crippen molar-refractivity contribution in [2.75, 3.05) is 38.2 Å². The van der Waals surface area contributed by atoms with Gasteiger partial charge >= 0.3 is 0 Å². The summed E-state index contributed by atoms with van der Waals surface area (Å²) in [6, 6.07) is 12.6. The average molecular weight is 410 g/mol. The van der Waals surface area contributed by atoms with Gasteiger partial charge in [-0.05, 0) is 54.6 Å². The fraction of sp³-hybridized carbons (Fsp3) is 0.560. The van der Waals surface area contributed by atoms with Crippen LogP contribution in [0, 0.1) is 5.41 Å². The van der Waals surface area contributed by atoms with Gasteiger partial charge in [-0.3, -0.25) is 0 Å². The predicted octanol–water partition coefficient (Wildman–Crippen LogP) is 3.35. The van der Waals surface area contributed by atoms with Crippen LogP contribution in [0.3, 0.4) is 0 Å². The number of anilines is 1. The van der Waals surface area contributed by atoms with Crippen LogP contribution >= 0.6 is 0 Å². The lowest BCUT2D eigenvalue weighted by molar-refractivity contribution is -0.127. The van der Waals surface area contributed by atoms with Gasteiger partial charge in [-0.25, -0.2) is 4.98 Å². The molecular weight excluding hydrogens is 374 g/mol.